The van der Waals surface area contributed by atoms with Crippen molar-refractivity contribution in [3.8, 4) is 0 Å². The van der Waals surface area contributed by atoms with Gasteiger partial charge in [0.15, 0.2) is 0 Å². The van der Waals surface area contributed by atoms with Crippen LogP contribution >= 0.6 is 0 Å². The second kappa shape index (κ2) is 3.93. The molecular weight excluding hydrogens is 188 g/mol. The molecule has 3 nitrogen and oxygen atoms in total. The highest BCUT2D eigenvalue weighted by atomic mass is 16.2. The summed E-state index contributed by atoms with van der Waals surface area (Å²) in [5.74, 6) is 0.114. The first-order valence-corrected chi connectivity index (χ1v) is 5.35. The van der Waals surface area contributed by atoms with Crippen molar-refractivity contribution < 1.29 is 4.79 Å². The lowest BCUT2D eigenvalue weighted by molar-refractivity contribution is -0.116. The minimum Gasteiger partial charge on any atom is -0.399 e. The van der Waals surface area contributed by atoms with Gasteiger partial charge >= 0.3 is 0 Å². The molecule has 1 heterocycles. The Labute approximate surface area is 89.9 Å². The van der Waals surface area contributed by atoms with Crippen molar-refractivity contribution >= 4 is 17.3 Å². The Morgan fingerprint density at radius 1 is 1.40 bits per heavy atom. The molecule has 0 saturated carbocycles. The van der Waals surface area contributed by atoms with Gasteiger partial charge in [0.1, 0.15) is 0 Å². The predicted octanol–water partition coefficient (Wildman–Crippen LogP) is 1.96. The number of nitrogen functional groups attached to an aromatic ring is 1. The number of nitrogens with zero attached hydrogens (tertiary/aromatic N) is 1. The van der Waals surface area contributed by atoms with Crippen LogP contribution in [-0.2, 0) is 11.2 Å². The Bertz CT molecular complexity index is 387. The lowest BCUT2D eigenvalue weighted by Crippen LogP contribution is -2.29. The molecule has 3 heteroatoms. The van der Waals surface area contributed by atoms with Gasteiger partial charge in [-0.1, -0.05) is 0 Å². The summed E-state index contributed by atoms with van der Waals surface area (Å²) in [4.78, 5) is 13.3. The highest BCUT2D eigenvalue weighted by molar-refractivity contribution is 5.92. The van der Waals surface area contributed by atoms with Crippen LogP contribution in [0.25, 0.3) is 0 Å². The topological polar surface area (TPSA) is 46.3 Å². The molecule has 0 radical (unpaired) electrons. The number of carbonyl (C=O) groups is 1. The molecule has 0 fully saturated rings. The molecule has 15 heavy (non-hydrogen) atoms. The molecule has 2 N–H and O–H groups in total. The van der Waals surface area contributed by atoms with E-state index in [0.717, 1.165) is 37.2 Å². The van der Waals surface area contributed by atoms with E-state index in [0.29, 0.717) is 0 Å². The van der Waals surface area contributed by atoms with Gasteiger partial charge in [0.05, 0.1) is 0 Å². The van der Waals surface area contributed by atoms with Crippen LogP contribution in [0.4, 0.5) is 11.4 Å². The summed E-state index contributed by atoms with van der Waals surface area (Å²) in [6.45, 7) is 2.44. The van der Waals surface area contributed by atoms with Crippen LogP contribution in [0.15, 0.2) is 18.2 Å². The second-order valence-electron chi connectivity index (χ2n) is 4.02. The number of rotatable bonds is 0. The van der Waals surface area contributed by atoms with Gasteiger partial charge in [0.2, 0.25) is 5.91 Å². The number of carbonyl (C=O) groups excluding carboxylic acids is 1. The Balaban J connectivity index is 2.45. The fourth-order valence-corrected chi connectivity index (χ4v) is 2.10. The van der Waals surface area contributed by atoms with E-state index >= 15 is 0 Å². The maximum Gasteiger partial charge on any atom is 0.223 e. The highest BCUT2D eigenvalue weighted by Gasteiger charge is 2.17. The van der Waals surface area contributed by atoms with Crippen molar-refractivity contribution in [3.63, 3.8) is 0 Å². The number of amides is 1. The van der Waals surface area contributed by atoms with E-state index in [1.165, 1.54) is 5.56 Å². The Morgan fingerprint density at radius 3 is 2.93 bits per heavy atom. The van der Waals surface area contributed by atoms with Crippen molar-refractivity contribution in [1.82, 2.24) is 0 Å². The summed E-state index contributed by atoms with van der Waals surface area (Å²) in [5, 5.41) is 0. The smallest absolute Gasteiger partial charge is 0.223 e. The molecule has 0 aliphatic carbocycles. The van der Waals surface area contributed by atoms with Gasteiger partial charge in [-0.05, 0) is 43.0 Å². The summed E-state index contributed by atoms with van der Waals surface area (Å²) >= 11 is 0. The normalized spacial score (nSPS) is 15.7. The molecule has 0 unspecified atom stereocenters. The first kappa shape index (κ1) is 10.0. The lowest BCUT2D eigenvalue weighted by Gasteiger charge is -2.21. The average molecular weight is 204 g/mol. The largest absolute Gasteiger partial charge is 0.399 e. The van der Waals surface area contributed by atoms with Gasteiger partial charge in [0, 0.05) is 24.8 Å². The SMILES string of the molecule is CC(=O)N1CCCCc2cc(N)ccc21. The zero-order chi connectivity index (χ0) is 10.8. The monoisotopic (exact) mass is 204 g/mol. The third kappa shape index (κ3) is 1.96. The predicted molar refractivity (Wildman–Crippen MR) is 61.8 cm³/mol. The summed E-state index contributed by atoms with van der Waals surface area (Å²) in [6, 6.07) is 5.80. The molecule has 1 aromatic rings. The summed E-state index contributed by atoms with van der Waals surface area (Å²) in [6.07, 6.45) is 3.21. The van der Waals surface area contributed by atoms with E-state index in [1.807, 2.05) is 23.1 Å². The first-order valence-electron chi connectivity index (χ1n) is 5.35. The van der Waals surface area contributed by atoms with Crippen molar-refractivity contribution in [2.45, 2.75) is 26.2 Å². The van der Waals surface area contributed by atoms with E-state index in [2.05, 4.69) is 0 Å². The fourth-order valence-electron chi connectivity index (χ4n) is 2.10. The van der Waals surface area contributed by atoms with E-state index in [9.17, 15) is 4.79 Å². The van der Waals surface area contributed by atoms with Gasteiger partial charge in [-0.2, -0.15) is 0 Å². The third-order valence-electron chi connectivity index (χ3n) is 2.85. The zero-order valence-electron chi connectivity index (χ0n) is 8.99. The van der Waals surface area contributed by atoms with Crippen molar-refractivity contribution in [1.29, 1.82) is 0 Å². The number of benzene rings is 1. The molecule has 1 aromatic carbocycles. The molecule has 0 bridgehead atoms. The standard InChI is InChI=1S/C12H16N2O/c1-9(15)14-7-3-2-4-10-8-11(13)5-6-12(10)14/h5-6,8H,2-4,7,13H2,1H3. The van der Waals surface area contributed by atoms with Gasteiger partial charge in [-0.25, -0.2) is 0 Å². The molecule has 0 atom stereocenters. The van der Waals surface area contributed by atoms with Crippen LogP contribution in [0.3, 0.4) is 0 Å². The number of hydrogen-bond acceptors (Lipinski definition) is 2. The Hall–Kier alpha value is -1.51. The van der Waals surface area contributed by atoms with E-state index in [-0.39, 0.29) is 5.91 Å². The molecule has 0 spiro atoms. The Kier molecular flexibility index (Phi) is 2.62. The molecule has 1 aliphatic heterocycles. The molecule has 1 aliphatic rings. The van der Waals surface area contributed by atoms with Crippen molar-refractivity contribution in [2.75, 3.05) is 17.2 Å². The maximum absolute atomic E-state index is 11.5. The number of fused-ring (bicyclic) bond motifs is 1. The fraction of sp³-hybridized carbons (Fsp3) is 0.417. The molecule has 80 valence electrons. The van der Waals surface area contributed by atoms with Crippen LogP contribution in [0.5, 0.6) is 0 Å². The summed E-state index contributed by atoms with van der Waals surface area (Å²) in [7, 11) is 0. The van der Waals surface area contributed by atoms with E-state index in [1.54, 1.807) is 6.92 Å². The molecule has 0 saturated heterocycles. The van der Waals surface area contributed by atoms with Crippen molar-refractivity contribution in [2.24, 2.45) is 0 Å². The van der Waals surface area contributed by atoms with Crippen LogP contribution in [0.2, 0.25) is 0 Å². The minimum absolute atomic E-state index is 0.114. The second-order valence-corrected chi connectivity index (χ2v) is 4.02. The van der Waals surface area contributed by atoms with Crippen LogP contribution in [0, 0.1) is 0 Å². The van der Waals surface area contributed by atoms with Gasteiger partial charge in [0.25, 0.3) is 0 Å². The molecule has 0 aromatic heterocycles. The summed E-state index contributed by atoms with van der Waals surface area (Å²) in [5.41, 5.74) is 8.76. The Morgan fingerprint density at radius 2 is 2.20 bits per heavy atom. The molecule has 1 amide bonds. The third-order valence-corrected chi connectivity index (χ3v) is 2.85. The highest BCUT2D eigenvalue weighted by Crippen LogP contribution is 2.28. The number of nitrogens with two attached hydrogens (primary N) is 1. The van der Waals surface area contributed by atoms with Gasteiger partial charge in [-0.15, -0.1) is 0 Å². The van der Waals surface area contributed by atoms with E-state index in [4.69, 9.17) is 5.73 Å². The molecular formula is C12H16N2O. The summed E-state index contributed by atoms with van der Waals surface area (Å²) < 4.78 is 0. The number of anilines is 2. The van der Waals surface area contributed by atoms with Crippen molar-refractivity contribution in [3.05, 3.63) is 23.8 Å². The van der Waals surface area contributed by atoms with Gasteiger partial charge in [-0.3, -0.25) is 4.79 Å². The maximum atomic E-state index is 11.5. The van der Waals surface area contributed by atoms with Crippen LogP contribution in [-0.4, -0.2) is 12.5 Å². The zero-order valence-corrected chi connectivity index (χ0v) is 8.99. The van der Waals surface area contributed by atoms with Gasteiger partial charge < -0.3 is 10.6 Å². The lowest BCUT2D eigenvalue weighted by atomic mass is 10.1. The van der Waals surface area contributed by atoms with Crippen LogP contribution < -0.4 is 10.6 Å². The number of hydrogen-bond donors (Lipinski definition) is 1. The molecule has 2 rings (SSSR count). The number of aryl methyl sites for hydroxylation is 1. The minimum atomic E-state index is 0.114. The van der Waals surface area contributed by atoms with Crippen LogP contribution in [0.1, 0.15) is 25.3 Å². The van der Waals surface area contributed by atoms with E-state index < -0.39 is 0 Å². The first-order chi connectivity index (χ1) is 7.18. The quantitative estimate of drug-likeness (QED) is 0.657. The average Bonchev–Trinajstić information content (AvgIpc) is 2.38.